The van der Waals surface area contributed by atoms with Crippen LogP contribution in [0.5, 0.6) is 0 Å². The average Bonchev–Trinajstić information content (AvgIpc) is 2.91. The fraction of sp³-hybridized carbons (Fsp3) is 0. The summed E-state index contributed by atoms with van der Waals surface area (Å²) in [6.45, 7) is 0. The minimum atomic E-state index is -1.10. The van der Waals surface area contributed by atoms with Crippen LogP contribution in [0.2, 0.25) is 5.15 Å². The second-order valence-electron chi connectivity index (χ2n) is 3.81. The number of carbonyl (C=O) groups is 1. The summed E-state index contributed by atoms with van der Waals surface area (Å²) < 4.78 is 1.37. The smallest absolute Gasteiger partial charge is 0.340 e. The van der Waals surface area contributed by atoms with Crippen LogP contribution in [0, 0.1) is 0 Å². The van der Waals surface area contributed by atoms with Gasteiger partial charge in [0.25, 0.3) is 0 Å². The lowest BCUT2D eigenvalue weighted by Crippen LogP contribution is -1.99. The third-order valence-electron chi connectivity index (χ3n) is 2.68. The summed E-state index contributed by atoms with van der Waals surface area (Å²) in [4.78, 5) is 14.0. The van der Waals surface area contributed by atoms with Gasteiger partial charge in [0.2, 0.25) is 0 Å². The van der Waals surface area contributed by atoms with Crippen LogP contribution in [0.4, 0.5) is 0 Å². The van der Waals surface area contributed by atoms with Crippen LogP contribution in [0.25, 0.3) is 16.7 Å². The zero-order valence-electron chi connectivity index (χ0n) is 9.09. The van der Waals surface area contributed by atoms with E-state index in [1.54, 1.807) is 0 Å². The molecule has 3 rings (SSSR count). The van der Waals surface area contributed by atoms with Crippen LogP contribution >= 0.6 is 11.6 Å². The molecule has 2 heterocycles. The Morgan fingerprint density at radius 1 is 1.39 bits per heavy atom. The standard InChI is InChI=1S/C12H8ClN3O2/c13-11-8(12(17)18)6-14-16(11)10-5-7-3-1-2-4-9(7)15-10/h1-6,15H,(H,17,18). The van der Waals surface area contributed by atoms with Gasteiger partial charge in [-0.25, -0.2) is 9.48 Å². The fourth-order valence-corrected chi connectivity index (χ4v) is 2.08. The van der Waals surface area contributed by atoms with Gasteiger partial charge in [-0.3, -0.25) is 0 Å². The van der Waals surface area contributed by atoms with Gasteiger partial charge < -0.3 is 10.1 Å². The van der Waals surface area contributed by atoms with Crippen LogP contribution in [0.15, 0.2) is 36.5 Å². The molecular formula is C12H8ClN3O2. The van der Waals surface area contributed by atoms with Crippen LogP contribution < -0.4 is 0 Å². The Bertz CT molecular complexity index is 712. The molecule has 0 radical (unpaired) electrons. The summed E-state index contributed by atoms with van der Waals surface area (Å²) in [5.41, 5.74) is 0.922. The van der Waals surface area contributed by atoms with Crippen molar-refractivity contribution in [2.45, 2.75) is 0 Å². The molecule has 0 saturated carbocycles. The molecule has 6 heteroatoms. The Hall–Kier alpha value is -2.27. The SMILES string of the molecule is O=C(O)c1cnn(-c2cc3ccccc3[nH]2)c1Cl. The summed E-state index contributed by atoms with van der Waals surface area (Å²) in [6, 6.07) is 9.57. The van der Waals surface area contributed by atoms with Crippen molar-refractivity contribution in [2.75, 3.05) is 0 Å². The molecule has 0 bridgehead atoms. The predicted octanol–water partition coefficient (Wildman–Crippen LogP) is 2.71. The Balaban J connectivity index is 2.17. The molecule has 0 saturated heterocycles. The third kappa shape index (κ3) is 1.56. The van der Waals surface area contributed by atoms with Gasteiger partial charge in [0.1, 0.15) is 16.5 Å². The van der Waals surface area contributed by atoms with E-state index >= 15 is 0 Å². The van der Waals surface area contributed by atoms with Crippen molar-refractivity contribution in [2.24, 2.45) is 0 Å². The van der Waals surface area contributed by atoms with E-state index < -0.39 is 5.97 Å². The Morgan fingerprint density at radius 2 is 2.17 bits per heavy atom. The van der Waals surface area contributed by atoms with Gasteiger partial charge in [-0.15, -0.1) is 0 Å². The number of aromatic nitrogens is 3. The normalized spacial score (nSPS) is 10.9. The van der Waals surface area contributed by atoms with Gasteiger partial charge in [0.15, 0.2) is 0 Å². The number of carboxylic acid groups (broad SMARTS) is 1. The van der Waals surface area contributed by atoms with E-state index in [-0.39, 0.29) is 10.7 Å². The molecule has 90 valence electrons. The highest BCUT2D eigenvalue weighted by molar-refractivity contribution is 6.32. The zero-order valence-corrected chi connectivity index (χ0v) is 9.85. The number of aromatic amines is 1. The number of para-hydroxylation sites is 1. The first kappa shape index (κ1) is 10.9. The van der Waals surface area contributed by atoms with Gasteiger partial charge in [-0.1, -0.05) is 29.8 Å². The molecule has 2 aromatic heterocycles. The lowest BCUT2D eigenvalue weighted by atomic mass is 10.2. The molecule has 0 unspecified atom stereocenters. The lowest BCUT2D eigenvalue weighted by molar-refractivity contribution is 0.0697. The molecule has 0 atom stereocenters. The summed E-state index contributed by atoms with van der Waals surface area (Å²) in [7, 11) is 0. The largest absolute Gasteiger partial charge is 0.478 e. The van der Waals surface area contributed by atoms with E-state index in [9.17, 15) is 4.79 Å². The van der Waals surface area contributed by atoms with Crippen molar-refractivity contribution in [1.29, 1.82) is 0 Å². The molecule has 1 aromatic carbocycles. The molecule has 0 fully saturated rings. The predicted molar refractivity (Wildman–Crippen MR) is 67.4 cm³/mol. The molecule has 0 aliphatic carbocycles. The number of rotatable bonds is 2. The summed E-state index contributed by atoms with van der Waals surface area (Å²) in [5, 5.41) is 14.0. The minimum absolute atomic E-state index is 0.0182. The van der Waals surface area contributed by atoms with Crippen molar-refractivity contribution in [3.8, 4) is 5.82 Å². The molecule has 0 amide bonds. The summed E-state index contributed by atoms with van der Waals surface area (Å²) in [6.07, 6.45) is 1.23. The summed E-state index contributed by atoms with van der Waals surface area (Å²) >= 11 is 5.98. The number of halogens is 1. The van der Waals surface area contributed by atoms with Crippen LogP contribution in [0.1, 0.15) is 10.4 Å². The van der Waals surface area contributed by atoms with Crippen LogP contribution in [0.3, 0.4) is 0 Å². The van der Waals surface area contributed by atoms with Crippen molar-refractivity contribution in [1.82, 2.24) is 14.8 Å². The highest BCUT2D eigenvalue weighted by atomic mass is 35.5. The van der Waals surface area contributed by atoms with Gasteiger partial charge in [0.05, 0.1) is 6.20 Å². The lowest BCUT2D eigenvalue weighted by Gasteiger charge is -1.98. The topological polar surface area (TPSA) is 70.9 Å². The molecule has 5 nitrogen and oxygen atoms in total. The number of nitrogens with one attached hydrogen (secondary N) is 1. The number of hydrogen-bond donors (Lipinski definition) is 2. The highest BCUT2D eigenvalue weighted by Gasteiger charge is 2.16. The average molecular weight is 262 g/mol. The number of hydrogen-bond acceptors (Lipinski definition) is 2. The zero-order chi connectivity index (χ0) is 12.7. The van der Waals surface area contributed by atoms with Gasteiger partial charge in [-0.05, 0) is 12.1 Å². The minimum Gasteiger partial charge on any atom is -0.478 e. The molecule has 3 aromatic rings. The number of benzene rings is 1. The number of fused-ring (bicyclic) bond motifs is 1. The molecule has 0 aliphatic heterocycles. The van der Waals surface area contributed by atoms with E-state index in [0.29, 0.717) is 5.82 Å². The van der Waals surface area contributed by atoms with Crippen LogP contribution in [-0.2, 0) is 0 Å². The molecule has 0 aliphatic rings. The van der Waals surface area contributed by atoms with Crippen molar-refractivity contribution in [3.05, 3.63) is 47.2 Å². The van der Waals surface area contributed by atoms with Gasteiger partial charge in [-0.2, -0.15) is 5.10 Å². The molecule has 18 heavy (non-hydrogen) atoms. The molecular weight excluding hydrogens is 254 g/mol. The quantitative estimate of drug-likeness (QED) is 0.745. The van der Waals surface area contributed by atoms with Gasteiger partial charge in [0, 0.05) is 10.9 Å². The van der Waals surface area contributed by atoms with E-state index in [4.69, 9.17) is 16.7 Å². The second-order valence-corrected chi connectivity index (χ2v) is 4.17. The van der Waals surface area contributed by atoms with E-state index in [0.717, 1.165) is 10.9 Å². The third-order valence-corrected chi connectivity index (χ3v) is 3.05. The highest BCUT2D eigenvalue weighted by Crippen LogP contribution is 2.23. The van der Waals surface area contributed by atoms with Crippen molar-refractivity contribution < 1.29 is 9.90 Å². The Morgan fingerprint density at radius 3 is 2.83 bits per heavy atom. The monoisotopic (exact) mass is 261 g/mol. The van der Waals surface area contributed by atoms with E-state index in [2.05, 4.69) is 10.1 Å². The second kappa shape index (κ2) is 3.89. The van der Waals surface area contributed by atoms with E-state index in [1.807, 2.05) is 30.3 Å². The van der Waals surface area contributed by atoms with Gasteiger partial charge >= 0.3 is 5.97 Å². The molecule has 0 spiro atoms. The van der Waals surface area contributed by atoms with Crippen molar-refractivity contribution in [3.63, 3.8) is 0 Å². The van der Waals surface area contributed by atoms with E-state index in [1.165, 1.54) is 10.9 Å². The maximum Gasteiger partial charge on any atom is 0.340 e. The molecule has 2 N–H and O–H groups in total. The number of nitrogens with zero attached hydrogens (tertiary/aromatic N) is 2. The first-order valence-corrected chi connectivity index (χ1v) is 5.59. The Kier molecular flexibility index (Phi) is 2.34. The maximum absolute atomic E-state index is 10.9. The summed E-state index contributed by atoms with van der Waals surface area (Å²) in [5.74, 6) is -0.462. The first-order chi connectivity index (χ1) is 8.66. The van der Waals surface area contributed by atoms with Crippen LogP contribution in [-0.4, -0.2) is 25.8 Å². The maximum atomic E-state index is 10.9. The number of aromatic carboxylic acids is 1. The van der Waals surface area contributed by atoms with Crippen molar-refractivity contribution >= 4 is 28.5 Å². The fourth-order valence-electron chi connectivity index (χ4n) is 1.82. The number of H-pyrrole nitrogens is 1. The number of carboxylic acids is 1. The Labute approximate surface area is 107 Å². The first-order valence-electron chi connectivity index (χ1n) is 5.22.